The highest BCUT2D eigenvalue weighted by Gasteiger charge is 2.34. The fraction of sp³-hybridized carbons (Fsp3) is 1.00. The summed E-state index contributed by atoms with van der Waals surface area (Å²) in [4.78, 5) is 2.64. The van der Waals surface area contributed by atoms with Gasteiger partial charge in [0.1, 0.15) is 0 Å². The first-order valence-corrected chi connectivity index (χ1v) is 8.05. The molecule has 0 radical (unpaired) electrons. The fourth-order valence-corrected chi connectivity index (χ4v) is 3.42. The molecule has 1 N–H and O–H groups in total. The predicted molar refractivity (Wildman–Crippen MR) is 82.6 cm³/mol. The number of hydrogen-bond acceptors (Lipinski definition) is 3. The van der Waals surface area contributed by atoms with Crippen molar-refractivity contribution in [1.82, 2.24) is 10.2 Å². The van der Waals surface area contributed by atoms with Crippen LogP contribution < -0.4 is 5.32 Å². The van der Waals surface area contributed by atoms with Gasteiger partial charge in [-0.15, -0.1) is 0 Å². The second kappa shape index (κ2) is 8.93. The Balaban J connectivity index is 2.65. The summed E-state index contributed by atoms with van der Waals surface area (Å²) in [5.41, 5.74) is 0.490. The van der Waals surface area contributed by atoms with Crippen LogP contribution in [0.2, 0.25) is 0 Å². The molecule has 3 nitrogen and oxygen atoms in total. The van der Waals surface area contributed by atoms with Gasteiger partial charge in [0.25, 0.3) is 0 Å². The van der Waals surface area contributed by atoms with Crippen LogP contribution in [-0.4, -0.2) is 51.3 Å². The second-order valence-electron chi connectivity index (χ2n) is 6.31. The molecule has 1 saturated carbocycles. The summed E-state index contributed by atoms with van der Waals surface area (Å²) in [5, 5.41) is 3.44. The molecule has 0 aliphatic heterocycles. The van der Waals surface area contributed by atoms with Crippen molar-refractivity contribution in [3.63, 3.8) is 0 Å². The number of ether oxygens (including phenoxy) is 1. The van der Waals surface area contributed by atoms with E-state index < -0.39 is 0 Å². The van der Waals surface area contributed by atoms with Crippen molar-refractivity contribution in [3.05, 3.63) is 0 Å². The van der Waals surface area contributed by atoms with E-state index in [1.807, 2.05) is 0 Å². The lowest BCUT2D eigenvalue weighted by atomic mass is 9.73. The zero-order valence-electron chi connectivity index (χ0n) is 13.5. The van der Waals surface area contributed by atoms with E-state index in [9.17, 15) is 0 Å². The van der Waals surface area contributed by atoms with Crippen LogP contribution in [0.25, 0.3) is 0 Å². The zero-order valence-corrected chi connectivity index (χ0v) is 13.5. The van der Waals surface area contributed by atoms with Gasteiger partial charge in [-0.2, -0.15) is 0 Å². The van der Waals surface area contributed by atoms with Crippen molar-refractivity contribution in [2.24, 2.45) is 5.41 Å². The molecule has 114 valence electrons. The van der Waals surface area contributed by atoms with Gasteiger partial charge < -0.3 is 10.1 Å². The van der Waals surface area contributed by atoms with Gasteiger partial charge in [0.2, 0.25) is 0 Å². The van der Waals surface area contributed by atoms with Crippen molar-refractivity contribution >= 4 is 0 Å². The second-order valence-corrected chi connectivity index (χ2v) is 6.31. The Bertz CT molecular complexity index is 221. The van der Waals surface area contributed by atoms with Crippen molar-refractivity contribution < 1.29 is 4.74 Å². The summed E-state index contributed by atoms with van der Waals surface area (Å²) in [6, 6.07) is 0.658. The quantitative estimate of drug-likeness (QED) is 0.697. The van der Waals surface area contributed by atoms with Crippen LogP contribution in [-0.2, 0) is 4.74 Å². The number of hydrogen-bond donors (Lipinski definition) is 1. The van der Waals surface area contributed by atoms with Gasteiger partial charge in [0.15, 0.2) is 0 Å². The third-order valence-corrected chi connectivity index (χ3v) is 4.80. The highest BCUT2D eigenvalue weighted by molar-refractivity contribution is 4.88. The largest absolute Gasteiger partial charge is 0.383 e. The van der Waals surface area contributed by atoms with E-state index in [0.717, 1.165) is 19.7 Å². The van der Waals surface area contributed by atoms with E-state index in [-0.39, 0.29) is 0 Å². The van der Waals surface area contributed by atoms with Crippen LogP contribution in [0.3, 0.4) is 0 Å². The molecule has 1 aliphatic rings. The molecule has 0 saturated heterocycles. The molecule has 1 fully saturated rings. The lowest BCUT2D eigenvalue weighted by molar-refractivity contribution is 0.0570. The molecular weight excluding hydrogens is 236 g/mol. The van der Waals surface area contributed by atoms with Crippen LogP contribution in [0.5, 0.6) is 0 Å². The Morgan fingerprint density at radius 3 is 2.47 bits per heavy atom. The van der Waals surface area contributed by atoms with Crippen LogP contribution in [0, 0.1) is 5.41 Å². The van der Waals surface area contributed by atoms with Gasteiger partial charge in [-0.05, 0) is 38.6 Å². The van der Waals surface area contributed by atoms with E-state index in [1.165, 1.54) is 45.1 Å². The summed E-state index contributed by atoms with van der Waals surface area (Å²) in [7, 11) is 3.90. The van der Waals surface area contributed by atoms with E-state index in [0.29, 0.717) is 11.5 Å². The fourth-order valence-electron chi connectivity index (χ4n) is 3.42. The zero-order chi connectivity index (χ0) is 14.1. The third kappa shape index (κ3) is 5.41. The van der Waals surface area contributed by atoms with Crippen molar-refractivity contribution in [3.8, 4) is 0 Å². The Hall–Kier alpha value is -0.120. The molecule has 1 rings (SSSR count). The summed E-state index contributed by atoms with van der Waals surface area (Å²) in [6.45, 7) is 8.94. The Kier molecular flexibility index (Phi) is 7.96. The van der Waals surface area contributed by atoms with Crippen molar-refractivity contribution in [1.29, 1.82) is 0 Å². The van der Waals surface area contributed by atoms with Gasteiger partial charge in [-0.25, -0.2) is 0 Å². The minimum atomic E-state index is 0.490. The molecule has 3 heteroatoms. The van der Waals surface area contributed by atoms with Gasteiger partial charge in [0.05, 0.1) is 6.61 Å². The van der Waals surface area contributed by atoms with E-state index >= 15 is 0 Å². The monoisotopic (exact) mass is 270 g/mol. The Labute approximate surface area is 120 Å². The molecule has 0 amide bonds. The molecule has 1 atom stereocenters. The third-order valence-electron chi connectivity index (χ3n) is 4.80. The minimum absolute atomic E-state index is 0.490. The number of rotatable bonds is 9. The molecule has 0 bridgehead atoms. The summed E-state index contributed by atoms with van der Waals surface area (Å²) in [5.74, 6) is 0. The smallest absolute Gasteiger partial charge is 0.0589 e. The van der Waals surface area contributed by atoms with Gasteiger partial charge in [0, 0.05) is 32.8 Å². The summed E-state index contributed by atoms with van der Waals surface area (Å²) >= 11 is 0. The average Bonchev–Trinajstić information content (AvgIpc) is 2.44. The maximum atomic E-state index is 5.29. The Morgan fingerprint density at radius 2 is 1.95 bits per heavy atom. The maximum Gasteiger partial charge on any atom is 0.0589 e. The summed E-state index contributed by atoms with van der Waals surface area (Å²) < 4.78 is 5.29. The predicted octanol–water partition coefficient (Wildman–Crippen LogP) is 2.90. The highest BCUT2D eigenvalue weighted by Crippen LogP contribution is 2.37. The van der Waals surface area contributed by atoms with E-state index in [4.69, 9.17) is 4.74 Å². The normalized spacial score (nSPS) is 20.7. The molecule has 1 unspecified atom stereocenters. The van der Waals surface area contributed by atoms with Crippen molar-refractivity contribution in [2.75, 3.05) is 40.4 Å². The first-order valence-electron chi connectivity index (χ1n) is 8.05. The first-order chi connectivity index (χ1) is 9.17. The molecule has 0 aromatic rings. The summed E-state index contributed by atoms with van der Waals surface area (Å²) in [6.07, 6.45) is 8.22. The van der Waals surface area contributed by atoms with Crippen LogP contribution in [0.4, 0.5) is 0 Å². The lowest BCUT2D eigenvalue weighted by Crippen LogP contribution is -2.48. The van der Waals surface area contributed by atoms with Gasteiger partial charge in [-0.1, -0.05) is 26.2 Å². The van der Waals surface area contributed by atoms with E-state index in [1.54, 1.807) is 7.11 Å². The first kappa shape index (κ1) is 16.9. The Morgan fingerprint density at radius 1 is 1.26 bits per heavy atom. The molecule has 1 aliphatic carbocycles. The van der Waals surface area contributed by atoms with Crippen LogP contribution >= 0.6 is 0 Å². The average molecular weight is 270 g/mol. The molecule has 0 spiro atoms. The number of nitrogens with zero attached hydrogens (tertiary/aromatic N) is 1. The molecule has 0 heterocycles. The molecule has 0 aromatic heterocycles. The van der Waals surface area contributed by atoms with Gasteiger partial charge in [-0.3, -0.25) is 4.90 Å². The molecule has 19 heavy (non-hydrogen) atoms. The maximum absolute atomic E-state index is 5.29. The van der Waals surface area contributed by atoms with Crippen molar-refractivity contribution in [2.45, 2.75) is 58.4 Å². The minimum Gasteiger partial charge on any atom is -0.383 e. The molecular formula is C16H34N2O. The highest BCUT2D eigenvalue weighted by atomic mass is 16.5. The van der Waals surface area contributed by atoms with Crippen LogP contribution in [0.15, 0.2) is 0 Å². The van der Waals surface area contributed by atoms with Gasteiger partial charge >= 0.3 is 0 Å². The SMILES string of the molecule is CCC(C)N(CCOC)CC1(CNC)CCCCC1. The molecule has 0 aromatic carbocycles. The topological polar surface area (TPSA) is 24.5 Å². The standard InChI is InChI=1S/C16H34N2O/c1-5-15(2)18(11-12-19-4)14-16(13-17-3)9-7-6-8-10-16/h15,17H,5-14H2,1-4H3. The number of nitrogens with one attached hydrogen (secondary N) is 1. The number of methoxy groups -OCH3 is 1. The lowest BCUT2D eigenvalue weighted by Gasteiger charge is -2.43. The van der Waals surface area contributed by atoms with E-state index in [2.05, 4.69) is 31.1 Å². The van der Waals surface area contributed by atoms with Crippen LogP contribution in [0.1, 0.15) is 52.4 Å².